The summed E-state index contributed by atoms with van der Waals surface area (Å²) in [6.07, 6.45) is 7.91. The molecule has 3 aliphatic rings. The second kappa shape index (κ2) is 7.88. The Balaban J connectivity index is 1.44. The third-order valence-electron chi connectivity index (χ3n) is 6.32. The Labute approximate surface area is 151 Å². The maximum absolute atomic E-state index is 13.4. The Morgan fingerprint density at radius 2 is 1.48 bits per heavy atom. The number of piperazine rings is 1. The lowest BCUT2D eigenvalue weighted by Crippen LogP contribution is -2.53. The van der Waals surface area contributed by atoms with Crippen molar-refractivity contribution in [1.29, 1.82) is 0 Å². The van der Waals surface area contributed by atoms with E-state index >= 15 is 0 Å². The molecule has 1 atom stereocenters. The van der Waals surface area contributed by atoms with Crippen LogP contribution in [0.25, 0.3) is 0 Å². The Hall–Kier alpha value is -1.39. The molecule has 25 heavy (non-hydrogen) atoms. The number of hydrogen-bond donors (Lipinski definition) is 0. The van der Waals surface area contributed by atoms with Crippen molar-refractivity contribution in [1.82, 2.24) is 14.7 Å². The fourth-order valence-corrected chi connectivity index (χ4v) is 4.89. The van der Waals surface area contributed by atoms with Crippen molar-refractivity contribution < 1.29 is 4.79 Å². The molecular formula is C21H31N3O. The zero-order valence-electron chi connectivity index (χ0n) is 15.3. The molecule has 3 fully saturated rings. The Morgan fingerprint density at radius 3 is 2.12 bits per heavy atom. The zero-order valence-corrected chi connectivity index (χ0v) is 15.3. The first kappa shape index (κ1) is 17.0. The van der Waals surface area contributed by atoms with E-state index in [2.05, 4.69) is 39.0 Å². The molecule has 0 spiro atoms. The summed E-state index contributed by atoms with van der Waals surface area (Å²) in [6.45, 7) is 6.00. The predicted molar refractivity (Wildman–Crippen MR) is 100 cm³/mol. The summed E-state index contributed by atoms with van der Waals surface area (Å²) in [7, 11) is 0. The molecule has 1 saturated carbocycles. The average molecular weight is 341 g/mol. The molecule has 1 aliphatic carbocycles. The molecule has 0 N–H and O–H groups in total. The number of amides is 1. The van der Waals surface area contributed by atoms with E-state index in [1.807, 2.05) is 6.07 Å². The van der Waals surface area contributed by atoms with Crippen molar-refractivity contribution >= 4 is 5.91 Å². The van der Waals surface area contributed by atoms with Gasteiger partial charge < -0.3 is 4.90 Å². The molecule has 4 rings (SSSR count). The lowest BCUT2D eigenvalue weighted by Gasteiger charge is -2.40. The zero-order chi connectivity index (χ0) is 17.1. The average Bonchev–Trinajstić information content (AvgIpc) is 3.37. The van der Waals surface area contributed by atoms with Gasteiger partial charge >= 0.3 is 0 Å². The summed E-state index contributed by atoms with van der Waals surface area (Å²) < 4.78 is 0. The number of hydrogen-bond acceptors (Lipinski definition) is 3. The molecule has 0 bridgehead atoms. The third kappa shape index (κ3) is 3.75. The fraction of sp³-hybridized carbons (Fsp3) is 0.667. The van der Waals surface area contributed by atoms with Crippen molar-refractivity contribution in [3.63, 3.8) is 0 Å². The normalized spacial score (nSPS) is 24.7. The molecule has 1 unspecified atom stereocenters. The van der Waals surface area contributed by atoms with Crippen LogP contribution in [0, 0.1) is 0 Å². The predicted octanol–water partition coefficient (Wildman–Crippen LogP) is 2.91. The molecule has 2 saturated heterocycles. The molecule has 1 aromatic rings. The van der Waals surface area contributed by atoms with Crippen LogP contribution in [-0.4, -0.2) is 65.9 Å². The van der Waals surface area contributed by atoms with Crippen LogP contribution >= 0.6 is 0 Å². The van der Waals surface area contributed by atoms with Gasteiger partial charge in [0.1, 0.15) is 6.04 Å². The standard InChI is InChI=1S/C21H31N3O/c25-21(24-16-14-22(15-17-24)19-10-4-5-11-19)20(23-12-6-7-13-23)18-8-2-1-3-9-18/h1-3,8-9,19-20H,4-7,10-17H2. The second-order valence-electron chi connectivity index (χ2n) is 7.86. The molecule has 4 nitrogen and oxygen atoms in total. The van der Waals surface area contributed by atoms with E-state index in [0.717, 1.165) is 50.9 Å². The Morgan fingerprint density at radius 1 is 0.840 bits per heavy atom. The number of benzene rings is 1. The van der Waals surface area contributed by atoms with Crippen LogP contribution in [0.15, 0.2) is 30.3 Å². The van der Waals surface area contributed by atoms with Gasteiger partial charge in [0.25, 0.3) is 0 Å². The van der Waals surface area contributed by atoms with Crippen molar-refractivity contribution in [2.75, 3.05) is 39.3 Å². The van der Waals surface area contributed by atoms with Crippen LogP contribution < -0.4 is 0 Å². The lowest BCUT2D eigenvalue weighted by atomic mass is 10.0. The van der Waals surface area contributed by atoms with E-state index in [9.17, 15) is 4.79 Å². The molecule has 0 aromatic heterocycles. The summed E-state index contributed by atoms with van der Waals surface area (Å²) in [4.78, 5) is 20.5. The van der Waals surface area contributed by atoms with Gasteiger partial charge in [0.05, 0.1) is 0 Å². The SMILES string of the molecule is O=C(C(c1ccccc1)N1CCCC1)N1CCN(C2CCCC2)CC1. The van der Waals surface area contributed by atoms with Gasteiger partial charge in [0.15, 0.2) is 0 Å². The highest BCUT2D eigenvalue weighted by Gasteiger charge is 2.35. The van der Waals surface area contributed by atoms with Gasteiger partial charge in [-0.2, -0.15) is 0 Å². The summed E-state index contributed by atoms with van der Waals surface area (Å²) in [5.41, 5.74) is 1.16. The number of carbonyl (C=O) groups excluding carboxylic acids is 1. The van der Waals surface area contributed by atoms with E-state index in [0.29, 0.717) is 5.91 Å². The minimum Gasteiger partial charge on any atom is -0.338 e. The molecule has 1 aromatic carbocycles. The topological polar surface area (TPSA) is 26.8 Å². The molecule has 136 valence electrons. The first-order valence-corrected chi connectivity index (χ1v) is 10.1. The molecule has 2 heterocycles. The van der Waals surface area contributed by atoms with Gasteiger partial charge in [0.2, 0.25) is 5.91 Å². The van der Waals surface area contributed by atoms with Crippen LogP contribution in [0.5, 0.6) is 0 Å². The first-order valence-electron chi connectivity index (χ1n) is 10.1. The summed E-state index contributed by atoms with van der Waals surface area (Å²) in [5.74, 6) is 0.319. The van der Waals surface area contributed by atoms with Crippen LogP contribution in [0.1, 0.15) is 50.1 Å². The van der Waals surface area contributed by atoms with Crippen molar-refractivity contribution in [2.24, 2.45) is 0 Å². The van der Waals surface area contributed by atoms with Crippen molar-refractivity contribution in [3.05, 3.63) is 35.9 Å². The maximum atomic E-state index is 13.4. The van der Waals surface area contributed by atoms with Gasteiger partial charge in [-0.3, -0.25) is 14.6 Å². The van der Waals surface area contributed by atoms with Crippen LogP contribution in [-0.2, 0) is 4.79 Å². The summed E-state index contributed by atoms with van der Waals surface area (Å²) in [6, 6.07) is 11.1. The smallest absolute Gasteiger partial charge is 0.244 e. The van der Waals surface area contributed by atoms with Crippen LogP contribution in [0.3, 0.4) is 0 Å². The van der Waals surface area contributed by atoms with Gasteiger partial charge in [0, 0.05) is 32.2 Å². The first-order chi connectivity index (χ1) is 12.3. The number of carbonyl (C=O) groups is 1. The number of rotatable bonds is 4. The van der Waals surface area contributed by atoms with E-state index in [4.69, 9.17) is 0 Å². The third-order valence-corrected chi connectivity index (χ3v) is 6.32. The summed E-state index contributed by atoms with van der Waals surface area (Å²) in [5, 5.41) is 0. The highest BCUT2D eigenvalue weighted by atomic mass is 16.2. The molecule has 0 radical (unpaired) electrons. The van der Waals surface area contributed by atoms with Gasteiger partial charge in [-0.05, 0) is 44.3 Å². The highest BCUT2D eigenvalue weighted by molar-refractivity contribution is 5.83. The minimum atomic E-state index is -0.0817. The largest absolute Gasteiger partial charge is 0.338 e. The number of likely N-dealkylation sites (tertiary alicyclic amines) is 1. The molecular weight excluding hydrogens is 310 g/mol. The quantitative estimate of drug-likeness (QED) is 0.842. The highest BCUT2D eigenvalue weighted by Crippen LogP contribution is 2.29. The van der Waals surface area contributed by atoms with E-state index in [1.54, 1.807) is 0 Å². The van der Waals surface area contributed by atoms with E-state index in [-0.39, 0.29) is 6.04 Å². The molecule has 4 heteroatoms. The minimum absolute atomic E-state index is 0.0817. The molecule has 2 aliphatic heterocycles. The Bertz CT molecular complexity index is 556. The number of nitrogens with zero attached hydrogens (tertiary/aromatic N) is 3. The second-order valence-corrected chi connectivity index (χ2v) is 7.86. The van der Waals surface area contributed by atoms with E-state index in [1.165, 1.54) is 38.5 Å². The Kier molecular flexibility index (Phi) is 5.37. The van der Waals surface area contributed by atoms with Gasteiger partial charge in [-0.1, -0.05) is 43.2 Å². The van der Waals surface area contributed by atoms with E-state index < -0.39 is 0 Å². The fourth-order valence-electron chi connectivity index (χ4n) is 4.89. The van der Waals surface area contributed by atoms with Gasteiger partial charge in [-0.15, -0.1) is 0 Å². The monoisotopic (exact) mass is 341 g/mol. The lowest BCUT2D eigenvalue weighted by molar-refractivity contribution is -0.139. The van der Waals surface area contributed by atoms with Crippen molar-refractivity contribution in [3.8, 4) is 0 Å². The van der Waals surface area contributed by atoms with Crippen LogP contribution in [0.4, 0.5) is 0 Å². The van der Waals surface area contributed by atoms with Crippen molar-refractivity contribution in [2.45, 2.75) is 50.6 Å². The van der Waals surface area contributed by atoms with Crippen LogP contribution in [0.2, 0.25) is 0 Å². The molecule has 1 amide bonds. The summed E-state index contributed by atoms with van der Waals surface area (Å²) >= 11 is 0. The van der Waals surface area contributed by atoms with Gasteiger partial charge in [-0.25, -0.2) is 0 Å². The maximum Gasteiger partial charge on any atom is 0.244 e.